The van der Waals surface area contributed by atoms with Crippen LogP contribution in [0.5, 0.6) is 0 Å². The van der Waals surface area contributed by atoms with E-state index >= 15 is 0 Å². The summed E-state index contributed by atoms with van der Waals surface area (Å²) in [5, 5.41) is 0. The van der Waals surface area contributed by atoms with Crippen LogP contribution in [-0.4, -0.2) is 22.6 Å². The molecule has 0 saturated carbocycles. The Morgan fingerprint density at radius 3 is 2.48 bits per heavy atom. The summed E-state index contributed by atoms with van der Waals surface area (Å²) in [4.78, 5) is 26.4. The summed E-state index contributed by atoms with van der Waals surface area (Å²) in [6.07, 6.45) is 0.801. The Bertz CT molecular complexity index is 587. The number of halogens is 1. The lowest BCUT2D eigenvalue weighted by Crippen LogP contribution is -2.42. The maximum atomic E-state index is 12.6. The summed E-state index contributed by atoms with van der Waals surface area (Å²) < 4.78 is 0. The first-order chi connectivity index (χ1) is 9.62. The number of hydrogen-bond donors (Lipinski definition) is 0. The summed E-state index contributed by atoms with van der Waals surface area (Å²) >= 11 is 3.32. The first kappa shape index (κ1) is 16.2. The molecule has 1 aromatic rings. The molecule has 4 heteroatoms. The maximum Gasteiger partial charge on any atom is 0.232 e. The molecule has 0 N–H and O–H groups in total. The number of benzene rings is 1. The third kappa shape index (κ3) is 3.05. The third-order valence-corrected chi connectivity index (χ3v) is 4.22. The molecule has 1 amide bonds. The number of carbonyl (C=O) groups excluding carboxylic acids is 2. The van der Waals surface area contributed by atoms with Crippen LogP contribution in [0.15, 0.2) is 18.2 Å². The van der Waals surface area contributed by atoms with Crippen molar-refractivity contribution in [3.63, 3.8) is 0 Å². The molecule has 1 aromatic carbocycles. The number of fused-ring (bicyclic) bond motifs is 1. The van der Waals surface area contributed by atoms with Crippen molar-refractivity contribution < 1.29 is 9.59 Å². The van der Waals surface area contributed by atoms with Crippen molar-refractivity contribution in [3.8, 4) is 0 Å². The van der Waals surface area contributed by atoms with E-state index in [2.05, 4.69) is 22.9 Å². The fourth-order valence-corrected chi connectivity index (χ4v) is 2.95. The Morgan fingerprint density at radius 1 is 1.33 bits per heavy atom. The average molecular weight is 352 g/mol. The summed E-state index contributed by atoms with van der Waals surface area (Å²) in [5.74, 6) is 0.202. The van der Waals surface area contributed by atoms with E-state index in [9.17, 15) is 9.59 Å². The number of nitrogens with zero attached hydrogens (tertiary/aromatic N) is 1. The van der Waals surface area contributed by atoms with Crippen LogP contribution in [0.2, 0.25) is 0 Å². The van der Waals surface area contributed by atoms with Gasteiger partial charge < -0.3 is 4.90 Å². The number of rotatable bonds is 2. The van der Waals surface area contributed by atoms with Gasteiger partial charge in [0.1, 0.15) is 0 Å². The van der Waals surface area contributed by atoms with Crippen LogP contribution in [0.4, 0.5) is 5.69 Å². The van der Waals surface area contributed by atoms with Crippen LogP contribution in [0.3, 0.4) is 0 Å². The minimum absolute atomic E-state index is 0.0750. The summed E-state index contributed by atoms with van der Waals surface area (Å²) in [6.45, 7) is 9.69. The van der Waals surface area contributed by atoms with Gasteiger partial charge in [-0.2, -0.15) is 0 Å². The molecule has 0 aromatic heterocycles. The standard InChI is InChI=1S/C17H22BrNO2/c1-10-8-13-9-12(15(20)11(2)18)6-7-14(13)19(10)16(21)17(3,4)5/h6-7,9-11H,8H2,1-5H3. The molecule has 0 radical (unpaired) electrons. The van der Waals surface area contributed by atoms with Crippen molar-refractivity contribution in [1.29, 1.82) is 0 Å². The Hall–Kier alpha value is -1.16. The topological polar surface area (TPSA) is 37.4 Å². The molecule has 1 aliphatic heterocycles. The van der Waals surface area contributed by atoms with E-state index in [0.717, 1.165) is 17.7 Å². The van der Waals surface area contributed by atoms with Crippen LogP contribution >= 0.6 is 15.9 Å². The fourth-order valence-electron chi connectivity index (χ4n) is 2.68. The van der Waals surface area contributed by atoms with Gasteiger partial charge in [0, 0.05) is 22.7 Å². The zero-order chi connectivity index (χ0) is 15.9. The van der Waals surface area contributed by atoms with Gasteiger partial charge in [0.15, 0.2) is 5.78 Å². The van der Waals surface area contributed by atoms with E-state index in [-0.39, 0.29) is 22.6 Å². The molecule has 114 valence electrons. The summed E-state index contributed by atoms with van der Waals surface area (Å²) in [5.41, 5.74) is 2.32. The minimum Gasteiger partial charge on any atom is -0.309 e. The highest BCUT2D eigenvalue weighted by atomic mass is 79.9. The molecule has 0 aliphatic carbocycles. The Labute approximate surface area is 134 Å². The van der Waals surface area contributed by atoms with Crippen molar-refractivity contribution in [1.82, 2.24) is 0 Å². The molecular formula is C17H22BrNO2. The number of carbonyl (C=O) groups is 2. The first-order valence-corrected chi connectivity index (χ1v) is 8.19. The summed E-state index contributed by atoms with van der Waals surface area (Å²) in [7, 11) is 0. The molecule has 2 rings (SSSR count). The zero-order valence-electron chi connectivity index (χ0n) is 13.2. The third-order valence-electron chi connectivity index (χ3n) is 3.80. The van der Waals surface area contributed by atoms with Gasteiger partial charge in [-0.3, -0.25) is 9.59 Å². The highest BCUT2D eigenvalue weighted by Gasteiger charge is 2.36. The molecule has 21 heavy (non-hydrogen) atoms. The Morgan fingerprint density at radius 2 is 1.95 bits per heavy atom. The normalized spacial score (nSPS) is 19.3. The molecular weight excluding hydrogens is 330 g/mol. The Balaban J connectivity index is 2.39. The number of ketones is 1. The van der Waals surface area contributed by atoms with Crippen LogP contribution in [-0.2, 0) is 11.2 Å². The molecule has 0 spiro atoms. The van der Waals surface area contributed by atoms with E-state index in [1.165, 1.54) is 0 Å². The highest BCUT2D eigenvalue weighted by molar-refractivity contribution is 9.10. The van der Waals surface area contributed by atoms with Gasteiger partial charge in [0.2, 0.25) is 5.91 Å². The lowest BCUT2D eigenvalue weighted by molar-refractivity contribution is -0.126. The van der Waals surface area contributed by atoms with Crippen molar-refractivity contribution >= 4 is 33.3 Å². The van der Waals surface area contributed by atoms with Crippen molar-refractivity contribution in [2.75, 3.05) is 4.90 Å². The average Bonchev–Trinajstić information content (AvgIpc) is 2.70. The van der Waals surface area contributed by atoms with Crippen molar-refractivity contribution in [2.45, 2.75) is 51.9 Å². The van der Waals surface area contributed by atoms with Gasteiger partial charge in [-0.1, -0.05) is 36.7 Å². The zero-order valence-corrected chi connectivity index (χ0v) is 14.8. The fraction of sp³-hybridized carbons (Fsp3) is 0.529. The SMILES string of the molecule is CC(Br)C(=O)c1ccc2c(c1)CC(C)N2C(=O)C(C)(C)C. The van der Waals surface area contributed by atoms with E-state index < -0.39 is 5.41 Å². The van der Waals surface area contributed by atoms with Gasteiger partial charge in [0.25, 0.3) is 0 Å². The van der Waals surface area contributed by atoms with Gasteiger partial charge in [-0.25, -0.2) is 0 Å². The van der Waals surface area contributed by atoms with Crippen LogP contribution in [0.25, 0.3) is 0 Å². The molecule has 0 bridgehead atoms. The number of amides is 1. The maximum absolute atomic E-state index is 12.6. The van der Waals surface area contributed by atoms with Crippen LogP contribution < -0.4 is 4.90 Å². The molecule has 2 atom stereocenters. The van der Waals surface area contributed by atoms with Crippen molar-refractivity contribution in [2.24, 2.45) is 5.41 Å². The molecule has 2 unspecified atom stereocenters. The Kier molecular flexibility index (Phi) is 4.29. The van der Waals surface area contributed by atoms with E-state index in [4.69, 9.17) is 0 Å². The number of hydrogen-bond acceptors (Lipinski definition) is 2. The van der Waals surface area contributed by atoms with E-state index in [0.29, 0.717) is 5.56 Å². The van der Waals surface area contributed by atoms with Gasteiger partial charge in [-0.15, -0.1) is 0 Å². The molecule has 1 heterocycles. The number of anilines is 1. The molecule has 0 saturated heterocycles. The second kappa shape index (κ2) is 5.56. The minimum atomic E-state index is -0.408. The van der Waals surface area contributed by atoms with E-state index in [1.807, 2.05) is 50.8 Å². The largest absolute Gasteiger partial charge is 0.309 e. The van der Waals surface area contributed by atoms with Crippen molar-refractivity contribution in [3.05, 3.63) is 29.3 Å². The quantitative estimate of drug-likeness (QED) is 0.596. The lowest BCUT2D eigenvalue weighted by Gasteiger charge is -2.29. The first-order valence-electron chi connectivity index (χ1n) is 7.28. The second-order valence-corrected chi connectivity index (χ2v) is 8.18. The second-order valence-electron chi connectivity index (χ2n) is 6.80. The van der Waals surface area contributed by atoms with Crippen LogP contribution in [0.1, 0.15) is 50.5 Å². The monoisotopic (exact) mass is 351 g/mol. The molecule has 0 fully saturated rings. The van der Waals surface area contributed by atoms with Gasteiger partial charge >= 0.3 is 0 Å². The van der Waals surface area contributed by atoms with E-state index in [1.54, 1.807) is 0 Å². The summed E-state index contributed by atoms with van der Waals surface area (Å²) in [6, 6.07) is 5.80. The van der Waals surface area contributed by atoms with Gasteiger partial charge in [0.05, 0.1) is 4.83 Å². The van der Waals surface area contributed by atoms with Crippen LogP contribution in [0, 0.1) is 5.41 Å². The van der Waals surface area contributed by atoms with Gasteiger partial charge in [-0.05, 0) is 44.0 Å². The predicted molar refractivity (Wildman–Crippen MR) is 89.3 cm³/mol. The lowest BCUT2D eigenvalue weighted by atomic mass is 9.94. The highest BCUT2D eigenvalue weighted by Crippen LogP contribution is 2.36. The molecule has 3 nitrogen and oxygen atoms in total. The number of alkyl halides is 1. The molecule has 1 aliphatic rings. The predicted octanol–water partition coefficient (Wildman–Crippen LogP) is 3.98. The number of Topliss-reactive ketones (excluding diaryl/α,β-unsaturated/α-hetero) is 1. The smallest absolute Gasteiger partial charge is 0.232 e.